The van der Waals surface area contributed by atoms with Crippen LogP contribution >= 0.6 is 23.4 Å². The van der Waals surface area contributed by atoms with E-state index >= 15 is 0 Å². The number of nitrogens with two attached hydrogens (primary N) is 1. The summed E-state index contributed by atoms with van der Waals surface area (Å²) in [6, 6.07) is 3.60. The van der Waals surface area contributed by atoms with E-state index in [-0.39, 0.29) is 12.0 Å². The van der Waals surface area contributed by atoms with Gasteiger partial charge in [0.25, 0.3) is 0 Å². The zero-order valence-corrected chi connectivity index (χ0v) is 11.0. The molecule has 5 nitrogen and oxygen atoms in total. The van der Waals surface area contributed by atoms with Crippen molar-refractivity contribution in [2.45, 2.75) is 12.0 Å². The molecule has 0 amide bonds. The Balaban J connectivity index is 1.87. The van der Waals surface area contributed by atoms with E-state index in [1.54, 1.807) is 30.1 Å². The van der Waals surface area contributed by atoms with Crippen LogP contribution in [-0.2, 0) is 0 Å². The van der Waals surface area contributed by atoms with E-state index in [9.17, 15) is 0 Å². The molecule has 1 aliphatic heterocycles. The summed E-state index contributed by atoms with van der Waals surface area (Å²) in [5.74, 6) is 3.08. The van der Waals surface area contributed by atoms with Gasteiger partial charge in [-0.05, 0) is 12.1 Å². The Morgan fingerprint density at radius 3 is 2.94 bits per heavy atom. The fourth-order valence-corrected chi connectivity index (χ4v) is 3.22. The molecule has 2 unspecified atom stereocenters. The van der Waals surface area contributed by atoms with Gasteiger partial charge in [0, 0.05) is 23.7 Å². The second kappa shape index (κ2) is 4.87. The van der Waals surface area contributed by atoms with Crippen molar-refractivity contribution < 1.29 is 4.52 Å². The first-order valence-corrected chi connectivity index (χ1v) is 7.06. The lowest BCUT2D eigenvalue weighted by atomic mass is 10.1. The lowest BCUT2D eigenvalue weighted by molar-refractivity contribution is 0.352. The molecular weight excluding hydrogens is 272 g/mol. The molecule has 1 aliphatic rings. The van der Waals surface area contributed by atoms with Gasteiger partial charge in [-0.3, -0.25) is 4.98 Å². The second-order valence-electron chi connectivity index (χ2n) is 4.13. The van der Waals surface area contributed by atoms with Crippen molar-refractivity contribution in [3.05, 3.63) is 29.2 Å². The van der Waals surface area contributed by atoms with Gasteiger partial charge in [-0.2, -0.15) is 16.7 Å². The molecule has 94 valence electrons. The van der Waals surface area contributed by atoms with Crippen LogP contribution in [0, 0.1) is 0 Å². The number of aromatic nitrogens is 3. The van der Waals surface area contributed by atoms with Crippen molar-refractivity contribution >= 4 is 23.4 Å². The molecule has 2 aromatic rings. The van der Waals surface area contributed by atoms with Crippen LogP contribution in [0.1, 0.15) is 11.8 Å². The fourth-order valence-electron chi connectivity index (χ4n) is 1.82. The van der Waals surface area contributed by atoms with E-state index in [0.717, 1.165) is 11.5 Å². The Morgan fingerprint density at radius 1 is 1.39 bits per heavy atom. The molecule has 0 radical (unpaired) electrons. The number of halogens is 1. The van der Waals surface area contributed by atoms with E-state index in [0.29, 0.717) is 22.4 Å². The third-order valence-corrected chi connectivity index (χ3v) is 4.28. The van der Waals surface area contributed by atoms with Crippen molar-refractivity contribution in [2.24, 2.45) is 5.73 Å². The lowest BCUT2D eigenvalue weighted by Crippen LogP contribution is -2.26. The molecule has 3 rings (SSSR count). The Morgan fingerprint density at radius 2 is 2.28 bits per heavy atom. The Labute approximate surface area is 113 Å². The first-order valence-electron chi connectivity index (χ1n) is 5.53. The Bertz CT molecular complexity index is 544. The molecule has 1 saturated heterocycles. The molecular formula is C11H11ClN4OS. The highest BCUT2D eigenvalue weighted by Crippen LogP contribution is 2.31. The van der Waals surface area contributed by atoms with Crippen LogP contribution in [0.15, 0.2) is 22.9 Å². The SMILES string of the molecule is NC1CSCC1c1nc(-c2ccc(Cl)cn2)no1. The van der Waals surface area contributed by atoms with Crippen molar-refractivity contribution in [3.63, 3.8) is 0 Å². The monoisotopic (exact) mass is 282 g/mol. The maximum absolute atomic E-state index is 6.00. The van der Waals surface area contributed by atoms with Crippen molar-refractivity contribution in [2.75, 3.05) is 11.5 Å². The van der Waals surface area contributed by atoms with E-state index in [2.05, 4.69) is 15.1 Å². The van der Waals surface area contributed by atoms with Gasteiger partial charge in [0.15, 0.2) is 0 Å². The lowest BCUT2D eigenvalue weighted by Gasteiger charge is -2.07. The van der Waals surface area contributed by atoms with Crippen LogP contribution in [0.2, 0.25) is 5.02 Å². The molecule has 0 spiro atoms. The normalized spacial score (nSPS) is 23.4. The standard InChI is InChI=1S/C11H11ClN4OS/c12-6-1-2-9(14-3-6)10-15-11(17-16-10)7-4-18-5-8(7)13/h1-3,7-8H,4-5,13H2. The van der Waals surface area contributed by atoms with Crippen molar-refractivity contribution in [3.8, 4) is 11.5 Å². The number of hydrogen-bond acceptors (Lipinski definition) is 6. The smallest absolute Gasteiger partial charge is 0.232 e. The summed E-state index contributed by atoms with van der Waals surface area (Å²) < 4.78 is 5.28. The van der Waals surface area contributed by atoms with Crippen LogP contribution in [0.4, 0.5) is 0 Å². The summed E-state index contributed by atoms with van der Waals surface area (Å²) in [7, 11) is 0. The van der Waals surface area contributed by atoms with E-state index in [1.807, 2.05) is 0 Å². The maximum atomic E-state index is 6.00. The minimum atomic E-state index is 0.0847. The zero-order chi connectivity index (χ0) is 12.5. The average Bonchev–Trinajstić information content (AvgIpc) is 2.98. The zero-order valence-electron chi connectivity index (χ0n) is 9.41. The van der Waals surface area contributed by atoms with Gasteiger partial charge in [0.05, 0.1) is 10.9 Å². The van der Waals surface area contributed by atoms with E-state index in [4.69, 9.17) is 21.9 Å². The van der Waals surface area contributed by atoms with Gasteiger partial charge in [-0.25, -0.2) is 0 Å². The van der Waals surface area contributed by atoms with E-state index < -0.39 is 0 Å². The molecule has 7 heteroatoms. The molecule has 0 aliphatic carbocycles. The predicted octanol–water partition coefficient (Wildman–Crippen LogP) is 1.94. The third kappa shape index (κ3) is 2.23. The summed E-state index contributed by atoms with van der Waals surface area (Å²) in [6.45, 7) is 0. The highest BCUT2D eigenvalue weighted by Gasteiger charge is 2.31. The van der Waals surface area contributed by atoms with Gasteiger partial charge < -0.3 is 10.3 Å². The number of rotatable bonds is 2. The molecule has 2 N–H and O–H groups in total. The van der Waals surface area contributed by atoms with Crippen LogP contribution in [0.3, 0.4) is 0 Å². The highest BCUT2D eigenvalue weighted by atomic mass is 35.5. The van der Waals surface area contributed by atoms with Gasteiger partial charge in [-0.15, -0.1) is 0 Å². The topological polar surface area (TPSA) is 77.8 Å². The number of pyridine rings is 1. The molecule has 18 heavy (non-hydrogen) atoms. The Hall–Kier alpha value is -1.11. The summed E-state index contributed by atoms with van der Waals surface area (Å²) >= 11 is 7.59. The fraction of sp³-hybridized carbons (Fsp3) is 0.364. The number of hydrogen-bond donors (Lipinski definition) is 1. The van der Waals surface area contributed by atoms with Crippen LogP contribution in [0.25, 0.3) is 11.5 Å². The van der Waals surface area contributed by atoms with Gasteiger partial charge in [-0.1, -0.05) is 16.8 Å². The van der Waals surface area contributed by atoms with Gasteiger partial charge in [0.2, 0.25) is 11.7 Å². The average molecular weight is 283 g/mol. The molecule has 0 saturated carbocycles. The summed E-state index contributed by atoms with van der Waals surface area (Å²) in [5.41, 5.74) is 6.64. The van der Waals surface area contributed by atoms with Crippen LogP contribution < -0.4 is 5.73 Å². The first-order chi connectivity index (χ1) is 8.74. The largest absolute Gasteiger partial charge is 0.339 e. The van der Waals surface area contributed by atoms with Crippen LogP contribution in [-0.4, -0.2) is 32.7 Å². The van der Waals surface area contributed by atoms with Crippen LogP contribution in [0.5, 0.6) is 0 Å². The summed E-state index contributed by atoms with van der Waals surface area (Å²) in [5, 5.41) is 4.52. The van der Waals surface area contributed by atoms with Gasteiger partial charge >= 0.3 is 0 Å². The third-order valence-electron chi connectivity index (χ3n) is 2.84. The molecule has 3 heterocycles. The quantitative estimate of drug-likeness (QED) is 0.907. The maximum Gasteiger partial charge on any atom is 0.232 e. The van der Waals surface area contributed by atoms with E-state index in [1.165, 1.54) is 0 Å². The molecule has 2 aromatic heterocycles. The Kier molecular flexibility index (Phi) is 3.23. The molecule has 2 atom stereocenters. The predicted molar refractivity (Wildman–Crippen MR) is 70.6 cm³/mol. The summed E-state index contributed by atoms with van der Waals surface area (Å²) in [6.07, 6.45) is 1.56. The number of thioether (sulfide) groups is 1. The van der Waals surface area contributed by atoms with Gasteiger partial charge in [0.1, 0.15) is 5.69 Å². The van der Waals surface area contributed by atoms with Crippen molar-refractivity contribution in [1.29, 1.82) is 0 Å². The molecule has 0 bridgehead atoms. The van der Waals surface area contributed by atoms with Crippen molar-refractivity contribution in [1.82, 2.24) is 15.1 Å². The minimum Gasteiger partial charge on any atom is -0.339 e. The highest BCUT2D eigenvalue weighted by molar-refractivity contribution is 7.99. The summed E-state index contributed by atoms with van der Waals surface area (Å²) in [4.78, 5) is 8.52. The first kappa shape index (κ1) is 12.0. The molecule has 0 aromatic carbocycles. The minimum absolute atomic E-state index is 0.0847. The molecule has 1 fully saturated rings. The second-order valence-corrected chi connectivity index (χ2v) is 5.64. The number of nitrogens with zero attached hydrogens (tertiary/aromatic N) is 3.